The van der Waals surface area contributed by atoms with Crippen molar-refractivity contribution in [1.29, 1.82) is 5.26 Å². The number of para-hydroxylation sites is 1. The molecule has 0 fully saturated rings. The average Bonchev–Trinajstić information content (AvgIpc) is 2.72. The van der Waals surface area contributed by atoms with Gasteiger partial charge >= 0.3 is 5.97 Å². The Morgan fingerprint density at radius 3 is 2.52 bits per heavy atom. The van der Waals surface area contributed by atoms with Gasteiger partial charge in [-0.2, -0.15) is 17.0 Å². The van der Waals surface area contributed by atoms with Crippen molar-refractivity contribution in [1.82, 2.24) is 5.32 Å². The van der Waals surface area contributed by atoms with Gasteiger partial charge < -0.3 is 15.7 Å². The molecule has 0 radical (unpaired) electrons. The van der Waals surface area contributed by atoms with Gasteiger partial charge in [0.1, 0.15) is 17.7 Å². The smallest absolute Gasteiger partial charge is 0.326 e. The van der Waals surface area contributed by atoms with Crippen molar-refractivity contribution in [2.75, 3.05) is 17.3 Å². The lowest BCUT2D eigenvalue weighted by molar-refractivity contribution is -0.139. The van der Waals surface area contributed by atoms with Crippen LogP contribution in [0.15, 0.2) is 76.2 Å². The molecule has 0 aliphatic heterocycles. The molecular weight excluding hydrogens is 406 g/mol. The molecule has 6 nitrogen and oxygen atoms in total. The first-order chi connectivity index (χ1) is 14.0. The maximum absolute atomic E-state index is 12.5. The van der Waals surface area contributed by atoms with E-state index >= 15 is 0 Å². The highest BCUT2D eigenvalue weighted by molar-refractivity contribution is 7.99. The third-order valence-electron chi connectivity index (χ3n) is 3.81. The molecule has 150 valence electrons. The summed E-state index contributed by atoms with van der Waals surface area (Å²) in [5.74, 6) is -0.983. The van der Waals surface area contributed by atoms with Gasteiger partial charge in [-0.3, -0.25) is 4.79 Å². The summed E-state index contributed by atoms with van der Waals surface area (Å²) >= 11 is 3.02. The highest BCUT2D eigenvalue weighted by Gasteiger charge is 2.17. The lowest BCUT2D eigenvalue weighted by atomic mass is 10.2. The normalized spacial score (nSPS) is 11.9. The van der Waals surface area contributed by atoms with Crippen molar-refractivity contribution in [3.8, 4) is 6.07 Å². The van der Waals surface area contributed by atoms with E-state index in [4.69, 9.17) is 0 Å². The number of benzene rings is 2. The van der Waals surface area contributed by atoms with Crippen LogP contribution in [0.2, 0.25) is 0 Å². The number of nitrogens with one attached hydrogen (secondary N) is 2. The number of carbonyl (C=O) groups excluding carboxylic acids is 1. The zero-order chi connectivity index (χ0) is 21.1. The van der Waals surface area contributed by atoms with Crippen LogP contribution in [0, 0.1) is 11.3 Å². The Kier molecular flexibility index (Phi) is 9.15. The van der Waals surface area contributed by atoms with Gasteiger partial charge in [0.15, 0.2) is 0 Å². The number of carboxylic acid groups (broad SMARTS) is 1. The summed E-state index contributed by atoms with van der Waals surface area (Å²) in [4.78, 5) is 25.7. The summed E-state index contributed by atoms with van der Waals surface area (Å²) in [5.41, 5.74) is 0.379. The monoisotopic (exact) mass is 427 g/mol. The molecule has 0 aliphatic rings. The van der Waals surface area contributed by atoms with Gasteiger partial charge in [-0.05, 0) is 42.7 Å². The maximum Gasteiger partial charge on any atom is 0.326 e. The molecule has 0 saturated heterocycles. The Balaban J connectivity index is 2.11. The fraction of sp³-hybridized carbons (Fsp3) is 0.190. The van der Waals surface area contributed by atoms with Crippen LogP contribution in [0.1, 0.15) is 6.42 Å². The minimum absolute atomic E-state index is 0.195. The van der Waals surface area contributed by atoms with Crippen molar-refractivity contribution < 1.29 is 14.7 Å². The molecule has 2 rings (SSSR count). The number of carbonyl (C=O) groups is 2. The molecule has 2 aromatic rings. The molecular formula is C21H21N3O3S2. The number of carboxylic acids is 1. The highest BCUT2D eigenvalue weighted by atomic mass is 32.2. The molecule has 0 aromatic heterocycles. The van der Waals surface area contributed by atoms with E-state index in [1.54, 1.807) is 12.1 Å². The van der Waals surface area contributed by atoms with Crippen molar-refractivity contribution in [3.63, 3.8) is 0 Å². The Morgan fingerprint density at radius 2 is 1.86 bits per heavy atom. The molecule has 0 saturated carbocycles. The predicted octanol–water partition coefficient (Wildman–Crippen LogP) is 3.98. The lowest BCUT2D eigenvalue weighted by Gasteiger charge is -2.13. The average molecular weight is 428 g/mol. The lowest BCUT2D eigenvalue weighted by Crippen LogP contribution is -2.34. The largest absolute Gasteiger partial charge is 0.480 e. The highest BCUT2D eigenvalue weighted by Crippen LogP contribution is 2.33. The van der Waals surface area contributed by atoms with Crippen molar-refractivity contribution in [3.05, 3.63) is 66.4 Å². The second-order valence-corrected chi connectivity index (χ2v) is 7.98. The van der Waals surface area contributed by atoms with E-state index in [2.05, 4.69) is 10.6 Å². The van der Waals surface area contributed by atoms with Crippen molar-refractivity contribution >= 4 is 41.1 Å². The van der Waals surface area contributed by atoms with Gasteiger partial charge in [-0.1, -0.05) is 42.1 Å². The fourth-order valence-electron chi connectivity index (χ4n) is 2.31. The number of hydrogen-bond donors (Lipinski definition) is 3. The molecule has 1 atom stereocenters. The summed E-state index contributed by atoms with van der Waals surface area (Å²) < 4.78 is 0. The van der Waals surface area contributed by atoms with E-state index in [1.165, 1.54) is 29.7 Å². The third kappa shape index (κ3) is 7.22. The number of anilines is 1. The van der Waals surface area contributed by atoms with Crippen molar-refractivity contribution in [2.24, 2.45) is 0 Å². The van der Waals surface area contributed by atoms with Crippen LogP contribution < -0.4 is 10.6 Å². The summed E-state index contributed by atoms with van der Waals surface area (Å²) in [7, 11) is 0. The molecule has 0 bridgehead atoms. The van der Waals surface area contributed by atoms with E-state index in [0.29, 0.717) is 17.9 Å². The minimum Gasteiger partial charge on any atom is -0.480 e. The quantitative estimate of drug-likeness (QED) is 0.389. The number of hydrogen-bond acceptors (Lipinski definition) is 6. The molecule has 29 heavy (non-hydrogen) atoms. The minimum atomic E-state index is -1.03. The Hall–Kier alpha value is -2.89. The zero-order valence-corrected chi connectivity index (χ0v) is 17.4. The Bertz CT molecular complexity index is 911. The zero-order valence-electron chi connectivity index (χ0n) is 15.8. The summed E-state index contributed by atoms with van der Waals surface area (Å²) in [6.45, 7) is 0. The van der Waals surface area contributed by atoms with Gasteiger partial charge in [0.05, 0.1) is 5.69 Å². The topological polar surface area (TPSA) is 102 Å². The molecule has 0 spiro atoms. The number of rotatable bonds is 10. The van der Waals surface area contributed by atoms with Crippen LogP contribution in [0.5, 0.6) is 0 Å². The SMILES string of the molecule is CSCCC(N/C=C(/C#N)C(=O)Nc1ccccc1Sc1ccccc1)C(=O)O. The first-order valence-corrected chi connectivity index (χ1v) is 11.0. The van der Waals surface area contributed by atoms with Crippen LogP contribution in [0.25, 0.3) is 0 Å². The number of thioether (sulfide) groups is 1. The summed E-state index contributed by atoms with van der Waals surface area (Å²) in [6, 6.07) is 18.0. The standard InChI is InChI=1S/C21H21N3O3S2/c1-28-12-11-18(21(26)27)23-14-15(13-22)20(25)24-17-9-5-6-10-19(17)29-16-7-3-2-4-8-16/h2-10,14,18,23H,11-12H2,1H3,(H,24,25)(H,26,27)/b15-14-. The third-order valence-corrected chi connectivity index (χ3v) is 5.54. The van der Waals surface area contributed by atoms with Gasteiger partial charge in [0, 0.05) is 16.0 Å². The second kappa shape index (κ2) is 11.8. The first kappa shape index (κ1) is 22.4. The Labute approximate surface area is 178 Å². The molecule has 0 aliphatic carbocycles. The van der Waals surface area contributed by atoms with Gasteiger partial charge in [0.25, 0.3) is 5.91 Å². The molecule has 3 N–H and O–H groups in total. The van der Waals surface area contributed by atoms with Gasteiger partial charge in [-0.15, -0.1) is 0 Å². The second-order valence-electron chi connectivity index (χ2n) is 5.87. The predicted molar refractivity (Wildman–Crippen MR) is 117 cm³/mol. The summed E-state index contributed by atoms with van der Waals surface area (Å²) in [6.07, 6.45) is 3.43. The molecule has 8 heteroatoms. The molecule has 1 amide bonds. The van der Waals surface area contributed by atoms with Crippen molar-refractivity contribution in [2.45, 2.75) is 22.3 Å². The van der Waals surface area contributed by atoms with Gasteiger partial charge in [0.2, 0.25) is 0 Å². The van der Waals surface area contributed by atoms with E-state index < -0.39 is 17.9 Å². The Morgan fingerprint density at radius 1 is 1.17 bits per heavy atom. The van der Waals surface area contributed by atoms with E-state index in [1.807, 2.05) is 54.8 Å². The number of nitrogens with zero attached hydrogens (tertiary/aromatic N) is 1. The number of aliphatic carboxylic acids is 1. The summed E-state index contributed by atoms with van der Waals surface area (Å²) in [5, 5.41) is 24.0. The molecule has 0 heterocycles. The van der Waals surface area contributed by atoms with Crippen LogP contribution in [0.3, 0.4) is 0 Å². The fourth-order valence-corrected chi connectivity index (χ4v) is 3.70. The number of nitriles is 1. The van der Waals surface area contributed by atoms with Crippen LogP contribution >= 0.6 is 23.5 Å². The van der Waals surface area contributed by atoms with E-state index in [-0.39, 0.29) is 5.57 Å². The number of amides is 1. The van der Waals surface area contributed by atoms with Crippen LogP contribution in [0.4, 0.5) is 5.69 Å². The molecule has 1 unspecified atom stereocenters. The first-order valence-electron chi connectivity index (χ1n) is 8.76. The van der Waals surface area contributed by atoms with E-state index in [9.17, 15) is 20.0 Å². The maximum atomic E-state index is 12.5. The van der Waals surface area contributed by atoms with Crippen LogP contribution in [-0.4, -0.2) is 35.0 Å². The van der Waals surface area contributed by atoms with Gasteiger partial charge in [-0.25, -0.2) is 4.79 Å². The molecule has 2 aromatic carbocycles. The van der Waals surface area contributed by atoms with Crippen LogP contribution in [-0.2, 0) is 9.59 Å². The van der Waals surface area contributed by atoms with E-state index in [0.717, 1.165) is 9.79 Å².